The molecule has 1 aromatic carbocycles. The Morgan fingerprint density at radius 3 is 2.26 bits per heavy atom. The van der Waals surface area contributed by atoms with Gasteiger partial charge in [0.1, 0.15) is 11.6 Å². The summed E-state index contributed by atoms with van der Waals surface area (Å²) in [5.41, 5.74) is 2.77. The third kappa shape index (κ3) is 3.97. The van der Waals surface area contributed by atoms with Crippen LogP contribution in [-0.4, -0.2) is 20.9 Å². The van der Waals surface area contributed by atoms with Crippen LogP contribution < -0.4 is 5.32 Å². The third-order valence-electron chi connectivity index (χ3n) is 3.35. The first-order chi connectivity index (χ1) is 11.2. The molecule has 0 atom stereocenters. The van der Waals surface area contributed by atoms with E-state index in [0.717, 1.165) is 22.5 Å². The van der Waals surface area contributed by atoms with Gasteiger partial charge in [-0.15, -0.1) is 0 Å². The lowest BCUT2D eigenvalue weighted by Gasteiger charge is -2.06. The number of hydrogen-bond donors (Lipinski definition) is 1. The number of carbonyl (C=O) groups is 1. The molecule has 0 fully saturated rings. The maximum absolute atomic E-state index is 12.0. The molecule has 3 rings (SSSR count). The lowest BCUT2D eigenvalue weighted by Crippen LogP contribution is -2.15. The number of anilines is 1. The molecule has 0 unspecified atom stereocenters. The second-order valence-corrected chi connectivity index (χ2v) is 5.16. The predicted molar refractivity (Wildman–Crippen MR) is 88.8 cm³/mol. The van der Waals surface area contributed by atoms with Gasteiger partial charge in [0.2, 0.25) is 5.91 Å². The number of aryl methyl sites for hydroxylation is 1. The quantitative estimate of drug-likeness (QED) is 0.804. The Labute approximate surface area is 134 Å². The molecule has 2 aromatic heterocycles. The van der Waals surface area contributed by atoms with Gasteiger partial charge in [0.15, 0.2) is 0 Å². The van der Waals surface area contributed by atoms with Crippen molar-refractivity contribution in [2.24, 2.45) is 0 Å². The van der Waals surface area contributed by atoms with Gasteiger partial charge >= 0.3 is 0 Å². The largest absolute Gasteiger partial charge is 0.310 e. The first-order valence-electron chi connectivity index (χ1n) is 7.29. The summed E-state index contributed by atoms with van der Waals surface area (Å²) in [5, 5.41) is 2.80. The Balaban J connectivity index is 1.65. The average molecular weight is 304 g/mol. The molecule has 1 amide bonds. The standard InChI is InChI=1S/C18H16N4O/c1-13-19-11-16(12-20-13)15-7-8-17(21-10-15)22-18(23)9-14-5-3-2-4-6-14/h2-8,10-12H,9H2,1H3,(H,21,22,23). The molecular weight excluding hydrogens is 288 g/mol. The van der Waals surface area contributed by atoms with Crippen molar-refractivity contribution in [2.45, 2.75) is 13.3 Å². The molecule has 0 aliphatic heterocycles. The topological polar surface area (TPSA) is 67.8 Å². The number of nitrogens with zero attached hydrogens (tertiary/aromatic N) is 3. The number of pyridine rings is 1. The molecule has 0 saturated carbocycles. The van der Waals surface area contributed by atoms with Gasteiger partial charge in [0.05, 0.1) is 6.42 Å². The fourth-order valence-corrected chi connectivity index (χ4v) is 2.15. The summed E-state index contributed by atoms with van der Waals surface area (Å²) in [4.78, 5) is 24.6. The molecule has 23 heavy (non-hydrogen) atoms. The second kappa shape index (κ2) is 6.79. The van der Waals surface area contributed by atoms with Crippen LogP contribution in [0.25, 0.3) is 11.1 Å². The van der Waals surface area contributed by atoms with Crippen LogP contribution in [0.15, 0.2) is 61.1 Å². The maximum atomic E-state index is 12.0. The van der Waals surface area contributed by atoms with Crippen LogP contribution in [0, 0.1) is 6.92 Å². The first kappa shape index (κ1) is 14.8. The molecule has 0 aliphatic carbocycles. The Hall–Kier alpha value is -3.08. The van der Waals surface area contributed by atoms with E-state index in [9.17, 15) is 4.79 Å². The van der Waals surface area contributed by atoms with Gasteiger partial charge < -0.3 is 5.32 Å². The SMILES string of the molecule is Cc1ncc(-c2ccc(NC(=O)Cc3ccccc3)nc2)cn1. The zero-order valence-corrected chi connectivity index (χ0v) is 12.7. The fourth-order valence-electron chi connectivity index (χ4n) is 2.15. The van der Waals surface area contributed by atoms with Gasteiger partial charge in [-0.3, -0.25) is 4.79 Å². The monoisotopic (exact) mass is 304 g/mol. The molecule has 3 aromatic rings. The summed E-state index contributed by atoms with van der Waals surface area (Å²) >= 11 is 0. The lowest BCUT2D eigenvalue weighted by atomic mass is 10.1. The molecule has 0 radical (unpaired) electrons. The van der Waals surface area contributed by atoms with Gasteiger partial charge in [-0.25, -0.2) is 15.0 Å². The number of rotatable bonds is 4. The zero-order valence-electron chi connectivity index (χ0n) is 12.7. The number of nitrogens with one attached hydrogen (secondary N) is 1. The van der Waals surface area contributed by atoms with Crippen molar-refractivity contribution >= 4 is 11.7 Å². The van der Waals surface area contributed by atoms with Crippen molar-refractivity contribution < 1.29 is 4.79 Å². The van der Waals surface area contributed by atoms with Crippen LogP contribution in [0.5, 0.6) is 0 Å². The zero-order chi connectivity index (χ0) is 16.1. The summed E-state index contributed by atoms with van der Waals surface area (Å²) in [6.07, 6.45) is 5.54. The minimum Gasteiger partial charge on any atom is -0.310 e. The number of aromatic nitrogens is 3. The predicted octanol–water partition coefficient (Wildman–Crippen LogP) is 3.03. The number of amides is 1. The lowest BCUT2D eigenvalue weighted by molar-refractivity contribution is -0.115. The van der Waals surface area contributed by atoms with E-state index in [1.54, 1.807) is 24.7 Å². The summed E-state index contributed by atoms with van der Waals surface area (Å²) < 4.78 is 0. The van der Waals surface area contributed by atoms with Crippen LogP contribution in [0.1, 0.15) is 11.4 Å². The van der Waals surface area contributed by atoms with Crippen LogP contribution in [0.4, 0.5) is 5.82 Å². The van der Waals surface area contributed by atoms with Gasteiger partial charge in [-0.2, -0.15) is 0 Å². The smallest absolute Gasteiger partial charge is 0.229 e. The van der Waals surface area contributed by atoms with E-state index in [2.05, 4.69) is 20.3 Å². The Morgan fingerprint density at radius 2 is 1.61 bits per heavy atom. The van der Waals surface area contributed by atoms with Gasteiger partial charge in [0, 0.05) is 29.7 Å². The number of hydrogen-bond acceptors (Lipinski definition) is 4. The molecule has 114 valence electrons. The van der Waals surface area contributed by atoms with Crippen molar-refractivity contribution in [3.05, 3.63) is 72.4 Å². The normalized spacial score (nSPS) is 10.3. The maximum Gasteiger partial charge on any atom is 0.229 e. The molecule has 0 saturated heterocycles. The summed E-state index contributed by atoms with van der Waals surface area (Å²) in [5.74, 6) is 1.17. The van der Waals surface area contributed by atoms with Crippen molar-refractivity contribution in [3.63, 3.8) is 0 Å². The first-order valence-corrected chi connectivity index (χ1v) is 7.29. The molecule has 2 heterocycles. The van der Waals surface area contributed by atoms with Gasteiger partial charge in [-0.05, 0) is 24.6 Å². The Bertz CT molecular complexity index is 784. The third-order valence-corrected chi connectivity index (χ3v) is 3.35. The molecular formula is C18H16N4O. The van der Waals surface area contributed by atoms with Crippen LogP contribution in [0.2, 0.25) is 0 Å². The van der Waals surface area contributed by atoms with Crippen molar-refractivity contribution in [1.29, 1.82) is 0 Å². The van der Waals surface area contributed by atoms with Crippen molar-refractivity contribution in [3.8, 4) is 11.1 Å². The van der Waals surface area contributed by atoms with E-state index in [0.29, 0.717) is 12.2 Å². The number of benzene rings is 1. The van der Waals surface area contributed by atoms with E-state index in [1.165, 1.54) is 0 Å². The molecule has 0 aliphatic rings. The molecule has 1 N–H and O–H groups in total. The fraction of sp³-hybridized carbons (Fsp3) is 0.111. The second-order valence-electron chi connectivity index (χ2n) is 5.16. The Kier molecular flexibility index (Phi) is 4.38. The highest BCUT2D eigenvalue weighted by atomic mass is 16.1. The van der Waals surface area contributed by atoms with Crippen molar-refractivity contribution in [1.82, 2.24) is 15.0 Å². The Morgan fingerprint density at radius 1 is 0.913 bits per heavy atom. The van der Waals surface area contributed by atoms with E-state index < -0.39 is 0 Å². The van der Waals surface area contributed by atoms with E-state index in [1.807, 2.05) is 43.3 Å². The molecule has 5 nitrogen and oxygen atoms in total. The van der Waals surface area contributed by atoms with Gasteiger partial charge in [0.25, 0.3) is 0 Å². The van der Waals surface area contributed by atoms with Crippen molar-refractivity contribution in [2.75, 3.05) is 5.32 Å². The number of carbonyl (C=O) groups excluding carboxylic acids is 1. The molecule has 0 bridgehead atoms. The average Bonchev–Trinajstić information content (AvgIpc) is 2.57. The summed E-state index contributed by atoms with van der Waals surface area (Å²) in [6.45, 7) is 1.84. The van der Waals surface area contributed by atoms with Crippen LogP contribution in [0.3, 0.4) is 0 Å². The molecule has 0 spiro atoms. The highest BCUT2D eigenvalue weighted by Gasteiger charge is 2.05. The summed E-state index contributed by atoms with van der Waals surface area (Å²) in [6, 6.07) is 13.3. The van der Waals surface area contributed by atoms with Crippen LogP contribution in [-0.2, 0) is 11.2 Å². The minimum absolute atomic E-state index is 0.0879. The molecule has 5 heteroatoms. The van der Waals surface area contributed by atoms with Crippen LogP contribution >= 0.6 is 0 Å². The summed E-state index contributed by atoms with van der Waals surface area (Å²) in [7, 11) is 0. The van der Waals surface area contributed by atoms with E-state index in [-0.39, 0.29) is 5.91 Å². The highest BCUT2D eigenvalue weighted by Crippen LogP contribution is 2.18. The van der Waals surface area contributed by atoms with E-state index >= 15 is 0 Å². The van der Waals surface area contributed by atoms with Gasteiger partial charge in [-0.1, -0.05) is 30.3 Å². The minimum atomic E-state index is -0.0879. The highest BCUT2D eigenvalue weighted by molar-refractivity contribution is 5.91. The van der Waals surface area contributed by atoms with E-state index in [4.69, 9.17) is 0 Å².